The fourth-order valence-corrected chi connectivity index (χ4v) is 5.99. The highest BCUT2D eigenvalue weighted by Crippen LogP contribution is 2.39. The van der Waals surface area contributed by atoms with Crippen LogP contribution in [0.25, 0.3) is 11.8 Å². The van der Waals surface area contributed by atoms with E-state index < -0.39 is 27.7 Å². The quantitative estimate of drug-likeness (QED) is 0.291. The summed E-state index contributed by atoms with van der Waals surface area (Å²) in [6.07, 6.45) is 3.19. The van der Waals surface area contributed by atoms with Gasteiger partial charge in [-0.25, -0.2) is 31.0 Å². The number of rotatable bonds is 8. The Bertz CT molecular complexity index is 1600. The summed E-state index contributed by atoms with van der Waals surface area (Å²) in [5.41, 5.74) is 3.56. The van der Waals surface area contributed by atoms with E-state index in [1.807, 2.05) is 36.4 Å². The molecule has 0 bridgehead atoms. The van der Waals surface area contributed by atoms with Gasteiger partial charge in [-0.2, -0.15) is 5.10 Å². The molecule has 0 fully saturated rings. The topological polar surface area (TPSA) is 64.0 Å². The van der Waals surface area contributed by atoms with Gasteiger partial charge in [0.25, 0.3) is 0 Å². The van der Waals surface area contributed by atoms with Crippen LogP contribution in [0.3, 0.4) is 0 Å². The lowest BCUT2D eigenvalue weighted by molar-refractivity contribution is 0.563. The number of sulfonamides is 1. The first kappa shape index (κ1) is 25.9. The van der Waals surface area contributed by atoms with E-state index in [9.17, 15) is 21.6 Å². The van der Waals surface area contributed by atoms with Gasteiger partial charge >= 0.3 is 0 Å². The fraction of sp³-hybridized carbons (Fsp3) is 0.207. The van der Waals surface area contributed by atoms with Crippen LogP contribution in [-0.2, 0) is 22.9 Å². The van der Waals surface area contributed by atoms with Crippen molar-refractivity contribution in [1.82, 2.24) is 14.5 Å². The van der Waals surface area contributed by atoms with Crippen molar-refractivity contribution < 1.29 is 21.6 Å². The molecule has 2 atom stereocenters. The van der Waals surface area contributed by atoms with E-state index in [4.69, 9.17) is 0 Å². The molecular weight excluding hydrogens is 511 g/mol. The zero-order valence-electron chi connectivity index (χ0n) is 20.6. The van der Waals surface area contributed by atoms with Crippen LogP contribution in [0, 0.1) is 17.5 Å². The Morgan fingerprint density at radius 1 is 1.03 bits per heavy atom. The molecule has 1 heterocycles. The molecule has 0 saturated heterocycles. The predicted molar refractivity (Wildman–Crippen MR) is 141 cm³/mol. The van der Waals surface area contributed by atoms with Crippen LogP contribution in [0.15, 0.2) is 78.2 Å². The van der Waals surface area contributed by atoms with Crippen molar-refractivity contribution in [3.63, 3.8) is 0 Å². The molecule has 5 nitrogen and oxygen atoms in total. The third-order valence-corrected chi connectivity index (χ3v) is 7.91. The molecule has 0 amide bonds. The highest BCUT2D eigenvalue weighted by Gasteiger charge is 2.32. The summed E-state index contributed by atoms with van der Waals surface area (Å²) >= 11 is 0. The summed E-state index contributed by atoms with van der Waals surface area (Å²) in [6.45, 7) is 1.75. The molecule has 1 aliphatic carbocycles. The van der Waals surface area contributed by atoms with Gasteiger partial charge in [0.1, 0.15) is 17.3 Å². The summed E-state index contributed by atoms with van der Waals surface area (Å²) in [4.78, 5) is 0. The minimum atomic E-state index is -3.83. The van der Waals surface area contributed by atoms with E-state index >= 15 is 0 Å². The first-order valence-corrected chi connectivity index (χ1v) is 13.8. The minimum absolute atomic E-state index is 0.0622. The zero-order valence-corrected chi connectivity index (χ0v) is 21.4. The average Bonchev–Trinajstić information content (AvgIpc) is 3.44. The van der Waals surface area contributed by atoms with E-state index in [2.05, 4.69) is 9.82 Å². The molecule has 0 spiro atoms. The fourth-order valence-electron chi connectivity index (χ4n) is 4.98. The number of fused-ring (bicyclic) bond motifs is 1. The molecule has 0 radical (unpaired) electrons. The van der Waals surface area contributed by atoms with Gasteiger partial charge < -0.3 is 0 Å². The van der Waals surface area contributed by atoms with Crippen LogP contribution >= 0.6 is 0 Å². The number of hydrogen-bond acceptors (Lipinski definition) is 3. The van der Waals surface area contributed by atoms with Gasteiger partial charge in [-0.3, -0.25) is 0 Å². The molecule has 3 aromatic carbocycles. The summed E-state index contributed by atoms with van der Waals surface area (Å²) in [5, 5.41) is 5.60. The van der Waals surface area contributed by atoms with E-state index in [1.54, 1.807) is 13.0 Å². The lowest BCUT2D eigenvalue weighted by Gasteiger charge is -2.15. The van der Waals surface area contributed by atoms with Crippen molar-refractivity contribution in [1.29, 1.82) is 0 Å². The standard InChI is InChI=1S/C29H26F3N3O2S/c1-19(21-7-3-2-4-8-21)34-38(36,37)15-14-27-25-12-10-22(16-20-6-5-9-23(30)17-20)29(25)35(33-27)28-13-11-24(31)18-26(28)32/h2-9,11,13-15,17-19,22,34H,10,12,16H2,1H3/b15-14+/t19-,22?/m0/s1. The molecular formula is C29H26F3N3O2S. The van der Waals surface area contributed by atoms with Gasteiger partial charge in [-0.05, 0) is 67.7 Å². The first-order chi connectivity index (χ1) is 18.2. The Labute approximate surface area is 219 Å². The second-order valence-corrected chi connectivity index (χ2v) is 11.0. The summed E-state index contributed by atoms with van der Waals surface area (Å²) in [6, 6.07) is 18.3. The Morgan fingerprint density at radius 3 is 2.53 bits per heavy atom. The van der Waals surface area contributed by atoms with Gasteiger partial charge in [-0.1, -0.05) is 42.5 Å². The van der Waals surface area contributed by atoms with Gasteiger partial charge in [0.15, 0.2) is 5.82 Å². The SMILES string of the molecule is C[C@H](NS(=O)(=O)/C=C/c1nn(-c2ccc(F)cc2F)c2c1CCC2Cc1cccc(F)c1)c1ccccc1. The maximum absolute atomic E-state index is 14.8. The van der Waals surface area contributed by atoms with Gasteiger partial charge in [0, 0.05) is 29.0 Å². The number of nitrogens with one attached hydrogen (secondary N) is 1. The van der Waals surface area contributed by atoms with E-state index in [0.717, 1.165) is 34.2 Å². The Hall–Kier alpha value is -3.69. The molecule has 1 unspecified atom stereocenters. The molecule has 1 aliphatic rings. The highest BCUT2D eigenvalue weighted by atomic mass is 32.2. The lowest BCUT2D eigenvalue weighted by atomic mass is 9.97. The maximum atomic E-state index is 14.8. The zero-order chi connectivity index (χ0) is 26.9. The maximum Gasteiger partial charge on any atom is 0.234 e. The number of hydrogen-bond donors (Lipinski definition) is 1. The third-order valence-electron chi connectivity index (χ3n) is 6.74. The van der Waals surface area contributed by atoms with Crippen LogP contribution < -0.4 is 4.72 Å². The van der Waals surface area contributed by atoms with Crippen LogP contribution in [0.1, 0.15) is 53.4 Å². The molecule has 196 valence electrons. The van der Waals surface area contributed by atoms with Crippen LogP contribution in [-0.4, -0.2) is 18.2 Å². The smallest absolute Gasteiger partial charge is 0.234 e. The van der Waals surface area contributed by atoms with E-state index in [-0.39, 0.29) is 17.4 Å². The second kappa shape index (κ2) is 10.6. The van der Waals surface area contributed by atoms with Crippen LogP contribution in [0.5, 0.6) is 0 Å². The monoisotopic (exact) mass is 537 g/mol. The predicted octanol–water partition coefficient (Wildman–Crippen LogP) is 6.21. The highest BCUT2D eigenvalue weighted by molar-refractivity contribution is 7.92. The molecule has 0 aliphatic heterocycles. The Morgan fingerprint density at radius 2 is 1.79 bits per heavy atom. The molecule has 4 aromatic rings. The summed E-state index contributed by atoms with van der Waals surface area (Å²) < 4.78 is 72.0. The third kappa shape index (κ3) is 5.58. The molecule has 1 aromatic heterocycles. The van der Waals surface area contributed by atoms with Gasteiger partial charge in [0.05, 0.1) is 11.4 Å². The summed E-state index contributed by atoms with van der Waals surface area (Å²) in [5.74, 6) is -1.95. The molecule has 9 heteroatoms. The van der Waals surface area contributed by atoms with Crippen LogP contribution in [0.2, 0.25) is 0 Å². The summed E-state index contributed by atoms with van der Waals surface area (Å²) in [7, 11) is -3.83. The molecule has 38 heavy (non-hydrogen) atoms. The van der Waals surface area contributed by atoms with Crippen molar-refractivity contribution in [2.45, 2.75) is 38.1 Å². The van der Waals surface area contributed by atoms with E-state index in [0.29, 0.717) is 30.7 Å². The Balaban J connectivity index is 1.49. The minimum Gasteiger partial charge on any atom is -0.234 e. The average molecular weight is 538 g/mol. The van der Waals surface area contributed by atoms with Crippen molar-refractivity contribution in [3.8, 4) is 5.69 Å². The van der Waals surface area contributed by atoms with Gasteiger partial charge in [-0.15, -0.1) is 0 Å². The second-order valence-electron chi connectivity index (χ2n) is 9.42. The normalized spacial score (nSPS) is 16.2. The Kier molecular flexibility index (Phi) is 7.23. The number of halogens is 3. The lowest BCUT2D eigenvalue weighted by Crippen LogP contribution is -2.24. The van der Waals surface area contributed by atoms with Crippen molar-refractivity contribution in [2.75, 3.05) is 0 Å². The van der Waals surface area contributed by atoms with Crippen molar-refractivity contribution in [3.05, 3.63) is 124 Å². The number of nitrogens with zero attached hydrogens (tertiary/aromatic N) is 2. The first-order valence-electron chi connectivity index (χ1n) is 12.3. The van der Waals surface area contributed by atoms with Crippen molar-refractivity contribution >= 4 is 16.1 Å². The molecule has 1 N–H and O–H groups in total. The largest absolute Gasteiger partial charge is 0.234 e. The molecule has 0 saturated carbocycles. The number of benzene rings is 3. The van der Waals surface area contributed by atoms with E-state index in [1.165, 1.54) is 29.0 Å². The van der Waals surface area contributed by atoms with Crippen LogP contribution in [0.4, 0.5) is 13.2 Å². The van der Waals surface area contributed by atoms with Crippen molar-refractivity contribution in [2.24, 2.45) is 0 Å². The van der Waals surface area contributed by atoms with Gasteiger partial charge in [0.2, 0.25) is 10.0 Å². The number of aromatic nitrogens is 2. The molecule has 5 rings (SSSR count).